The summed E-state index contributed by atoms with van der Waals surface area (Å²) >= 11 is 0. The van der Waals surface area contributed by atoms with Gasteiger partial charge in [0.15, 0.2) is 0 Å². The number of carbonyl (C=O) groups is 1. The van der Waals surface area contributed by atoms with Crippen LogP contribution in [0.5, 0.6) is 5.88 Å². The summed E-state index contributed by atoms with van der Waals surface area (Å²) in [5.41, 5.74) is 1.14. The van der Waals surface area contributed by atoms with Gasteiger partial charge >= 0.3 is 5.97 Å². The van der Waals surface area contributed by atoms with Gasteiger partial charge in [0.2, 0.25) is 5.88 Å². The van der Waals surface area contributed by atoms with Crippen LogP contribution in [0.25, 0.3) is 6.08 Å². The average Bonchev–Trinajstić information content (AvgIpc) is 2.51. The molecule has 0 spiro atoms. The molecule has 0 aliphatic heterocycles. The Bertz CT molecular complexity index is 489. The van der Waals surface area contributed by atoms with Crippen molar-refractivity contribution in [2.45, 2.75) is 33.6 Å². The largest absolute Gasteiger partial charge is 0.481 e. The normalized spacial score (nSPS) is 11.7. The van der Waals surface area contributed by atoms with Crippen LogP contribution in [0.1, 0.15) is 39.2 Å². The second-order valence-electron chi connectivity index (χ2n) is 6.41. The maximum Gasteiger partial charge on any atom is 0.330 e. The van der Waals surface area contributed by atoms with Crippen LogP contribution in [0.3, 0.4) is 0 Å². The first-order chi connectivity index (χ1) is 10.9. The molecular formula is C18H27NO4. The van der Waals surface area contributed by atoms with Crippen molar-refractivity contribution in [2.24, 2.45) is 5.41 Å². The number of hydrogen-bond acceptors (Lipinski definition) is 5. The van der Waals surface area contributed by atoms with E-state index in [9.17, 15) is 4.79 Å². The summed E-state index contributed by atoms with van der Waals surface area (Å²) in [6.45, 7) is 8.01. The second kappa shape index (κ2) is 10.0. The molecule has 1 heterocycles. The summed E-state index contributed by atoms with van der Waals surface area (Å²) < 4.78 is 15.5. The topological polar surface area (TPSA) is 57.7 Å². The van der Waals surface area contributed by atoms with E-state index in [4.69, 9.17) is 14.2 Å². The molecule has 1 aromatic rings. The van der Waals surface area contributed by atoms with Gasteiger partial charge in [-0.3, -0.25) is 0 Å². The van der Waals surface area contributed by atoms with Crippen LogP contribution in [-0.4, -0.2) is 37.9 Å². The Labute approximate surface area is 138 Å². The minimum Gasteiger partial charge on any atom is -0.481 e. The Kier molecular flexibility index (Phi) is 8.33. The number of ether oxygens (including phenoxy) is 3. The number of pyridine rings is 1. The summed E-state index contributed by atoms with van der Waals surface area (Å²) in [6.07, 6.45) is 6.79. The standard InChI is InChI=1S/C18H27NO4/c1-18(2,3)10-5-11-22-12-13-23-17(20)9-7-15-6-8-16(21-4)19-14-15/h6-9,14H,5,10-13H2,1-4H3/b9-7+. The molecule has 0 fully saturated rings. The van der Waals surface area contributed by atoms with Crippen molar-refractivity contribution < 1.29 is 19.0 Å². The molecule has 23 heavy (non-hydrogen) atoms. The maximum atomic E-state index is 11.6. The van der Waals surface area contributed by atoms with Gasteiger partial charge in [0, 0.05) is 24.9 Å². The molecule has 5 heteroatoms. The lowest BCUT2D eigenvalue weighted by Gasteiger charge is -2.17. The van der Waals surface area contributed by atoms with E-state index in [1.54, 1.807) is 25.4 Å². The monoisotopic (exact) mass is 321 g/mol. The fraction of sp³-hybridized carbons (Fsp3) is 0.556. The van der Waals surface area contributed by atoms with Crippen LogP contribution in [0.4, 0.5) is 0 Å². The van der Waals surface area contributed by atoms with E-state index < -0.39 is 0 Å². The Hall–Kier alpha value is -1.88. The fourth-order valence-corrected chi connectivity index (χ4v) is 1.83. The molecule has 0 unspecified atom stereocenters. The minimum absolute atomic E-state index is 0.263. The number of carbonyl (C=O) groups excluding carboxylic acids is 1. The van der Waals surface area contributed by atoms with E-state index in [0.717, 1.165) is 18.4 Å². The number of aromatic nitrogens is 1. The SMILES string of the molecule is COc1ccc(/C=C/C(=O)OCCOCCCC(C)(C)C)cn1. The van der Waals surface area contributed by atoms with E-state index in [2.05, 4.69) is 25.8 Å². The van der Waals surface area contributed by atoms with Crippen LogP contribution in [0, 0.1) is 5.41 Å². The van der Waals surface area contributed by atoms with Crippen LogP contribution < -0.4 is 4.74 Å². The molecule has 0 aliphatic carbocycles. The summed E-state index contributed by atoms with van der Waals surface area (Å²) in [5, 5.41) is 0. The molecule has 0 saturated carbocycles. The van der Waals surface area contributed by atoms with Gasteiger partial charge in [-0.05, 0) is 36.0 Å². The molecule has 5 nitrogen and oxygen atoms in total. The highest BCUT2D eigenvalue weighted by Crippen LogP contribution is 2.20. The van der Waals surface area contributed by atoms with Gasteiger partial charge < -0.3 is 14.2 Å². The third-order valence-corrected chi connectivity index (χ3v) is 3.07. The molecular weight excluding hydrogens is 294 g/mol. The Morgan fingerprint density at radius 3 is 2.61 bits per heavy atom. The van der Waals surface area contributed by atoms with E-state index in [1.807, 2.05) is 6.07 Å². The van der Waals surface area contributed by atoms with Crippen molar-refractivity contribution >= 4 is 12.0 Å². The zero-order valence-electron chi connectivity index (χ0n) is 14.5. The molecule has 0 aromatic carbocycles. The maximum absolute atomic E-state index is 11.6. The summed E-state index contributed by atoms with van der Waals surface area (Å²) in [4.78, 5) is 15.6. The molecule has 0 atom stereocenters. The molecule has 0 N–H and O–H groups in total. The van der Waals surface area contributed by atoms with Crippen LogP contribution in [0.2, 0.25) is 0 Å². The lowest BCUT2D eigenvalue weighted by molar-refractivity contribution is -0.139. The molecule has 0 radical (unpaired) electrons. The van der Waals surface area contributed by atoms with E-state index in [0.29, 0.717) is 24.5 Å². The van der Waals surface area contributed by atoms with Crippen molar-refractivity contribution in [1.29, 1.82) is 0 Å². The third kappa shape index (κ3) is 9.68. The quantitative estimate of drug-likeness (QED) is 0.396. The minimum atomic E-state index is -0.390. The highest BCUT2D eigenvalue weighted by Gasteiger charge is 2.08. The van der Waals surface area contributed by atoms with Gasteiger partial charge in [-0.2, -0.15) is 0 Å². The molecule has 0 saturated heterocycles. The number of esters is 1. The van der Waals surface area contributed by atoms with Crippen LogP contribution >= 0.6 is 0 Å². The first kappa shape index (κ1) is 19.2. The number of hydrogen-bond donors (Lipinski definition) is 0. The molecule has 128 valence electrons. The van der Waals surface area contributed by atoms with Crippen LogP contribution in [-0.2, 0) is 14.3 Å². The molecule has 0 amide bonds. The third-order valence-electron chi connectivity index (χ3n) is 3.07. The molecule has 0 bridgehead atoms. The number of nitrogens with zero attached hydrogens (tertiary/aromatic N) is 1. The summed E-state index contributed by atoms with van der Waals surface area (Å²) in [7, 11) is 1.56. The lowest BCUT2D eigenvalue weighted by Crippen LogP contribution is -2.11. The molecule has 0 aliphatic rings. The van der Waals surface area contributed by atoms with Crippen molar-refractivity contribution in [3.63, 3.8) is 0 Å². The smallest absolute Gasteiger partial charge is 0.330 e. The first-order valence-electron chi connectivity index (χ1n) is 7.83. The van der Waals surface area contributed by atoms with Gasteiger partial charge in [0.25, 0.3) is 0 Å². The number of methoxy groups -OCH3 is 1. The predicted molar refractivity (Wildman–Crippen MR) is 90.3 cm³/mol. The zero-order valence-corrected chi connectivity index (χ0v) is 14.5. The second-order valence-corrected chi connectivity index (χ2v) is 6.41. The van der Waals surface area contributed by atoms with Crippen molar-refractivity contribution in [3.8, 4) is 5.88 Å². The van der Waals surface area contributed by atoms with E-state index in [1.165, 1.54) is 6.08 Å². The first-order valence-corrected chi connectivity index (χ1v) is 7.83. The summed E-state index contributed by atoms with van der Waals surface area (Å²) in [6, 6.07) is 3.55. The van der Waals surface area contributed by atoms with Gasteiger partial charge in [0.05, 0.1) is 13.7 Å². The highest BCUT2D eigenvalue weighted by molar-refractivity contribution is 5.86. The van der Waals surface area contributed by atoms with Gasteiger partial charge in [-0.25, -0.2) is 9.78 Å². The fourth-order valence-electron chi connectivity index (χ4n) is 1.83. The van der Waals surface area contributed by atoms with Crippen LogP contribution in [0.15, 0.2) is 24.4 Å². The summed E-state index contributed by atoms with van der Waals surface area (Å²) in [5.74, 6) is 0.146. The average molecular weight is 321 g/mol. The molecule has 1 rings (SSSR count). The van der Waals surface area contributed by atoms with Gasteiger partial charge in [0.1, 0.15) is 6.61 Å². The van der Waals surface area contributed by atoms with Gasteiger partial charge in [-0.1, -0.05) is 20.8 Å². The predicted octanol–water partition coefficient (Wildman–Crippen LogP) is 3.49. The van der Waals surface area contributed by atoms with Crippen molar-refractivity contribution in [1.82, 2.24) is 4.98 Å². The molecule has 1 aromatic heterocycles. The Morgan fingerprint density at radius 1 is 1.22 bits per heavy atom. The lowest BCUT2D eigenvalue weighted by atomic mass is 9.91. The van der Waals surface area contributed by atoms with E-state index in [-0.39, 0.29) is 12.6 Å². The van der Waals surface area contributed by atoms with Gasteiger partial charge in [-0.15, -0.1) is 0 Å². The highest BCUT2D eigenvalue weighted by atomic mass is 16.6. The number of rotatable bonds is 9. The zero-order chi connectivity index (χ0) is 17.1. The van der Waals surface area contributed by atoms with Crippen molar-refractivity contribution in [3.05, 3.63) is 30.0 Å². The Morgan fingerprint density at radius 2 is 2.00 bits per heavy atom. The van der Waals surface area contributed by atoms with Crippen molar-refractivity contribution in [2.75, 3.05) is 26.9 Å². The Balaban J connectivity index is 2.13. The van der Waals surface area contributed by atoms with E-state index >= 15 is 0 Å².